The number of carboxylic acid groups (broad SMARTS) is 1. The minimum Gasteiger partial charge on any atom is -0.493 e. The average Bonchev–Trinajstić information content (AvgIpc) is 3.48. The zero-order valence-electron chi connectivity index (χ0n) is 17.7. The van der Waals surface area contributed by atoms with Crippen LogP contribution in [-0.2, 0) is 4.84 Å². The molecule has 1 aliphatic carbocycles. The van der Waals surface area contributed by atoms with Crippen molar-refractivity contribution in [1.82, 2.24) is 4.98 Å². The maximum absolute atomic E-state index is 11.2. The molecule has 0 bridgehead atoms. The number of hydrogen-bond acceptors (Lipinski definition) is 5. The summed E-state index contributed by atoms with van der Waals surface area (Å²) in [5.74, 6) is -0.0546. The van der Waals surface area contributed by atoms with Crippen LogP contribution in [-0.4, -0.2) is 35.0 Å². The van der Waals surface area contributed by atoms with Gasteiger partial charge in [0, 0.05) is 23.0 Å². The molecule has 34 heavy (non-hydrogen) atoms. The third-order valence-corrected chi connectivity index (χ3v) is 7.05. The molecule has 2 aromatic carbocycles. The molecule has 2 aliphatic rings. The van der Waals surface area contributed by atoms with Crippen molar-refractivity contribution in [2.45, 2.75) is 18.3 Å². The Morgan fingerprint density at radius 2 is 1.85 bits per heavy atom. The van der Waals surface area contributed by atoms with E-state index in [2.05, 4.69) is 10.1 Å². The van der Waals surface area contributed by atoms with Crippen LogP contribution in [0.3, 0.4) is 0 Å². The van der Waals surface area contributed by atoms with Crippen molar-refractivity contribution in [2.24, 2.45) is 11.1 Å². The highest BCUT2D eigenvalue weighted by molar-refractivity contribution is 6.40. The predicted molar refractivity (Wildman–Crippen MR) is 131 cm³/mol. The maximum Gasteiger partial charge on any atom is 0.337 e. The number of hydrogen-bond donors (Lipinski definition) is 1. The molecule has 0 radical (unpaired) electrons. The molecule has 1 fully saturated rings. The van der Waals surface area contributed by atoms with Crippen molar-refractivity contribution < 1.29 is 19.5 Å². The summed E-state index contributed by atoms with van der Waals surface area (Å²) in [4.78, 5) is 20.6. The van der Waals surface area contributed by atoms with Gasteiger partial charge in [-0.25, -0.2) is 4.79 Å². The van der Waals surface area contributed by atoms with Crippen LogP contribution in [0.15, 0.2) is 60.0 Å². The van der Waals surface area contributed by atoms with Gasteiger partial charge in [-0.3, -0.25) is 4.98 Å². The predicted octanol–water partition coefficient (Wildman–Crippen LogP) is 6.44. The number of aromatic carboxylic acids is 1. The zero-order valence-corrected chi connectivity index (χ0v) is 20.0. The summed E-state index contributed by atoms with van der Waals surface area (Å²) < 4.78 is 6.00. The van der Waals surface area contributed by atoms with E-state index in [4.69, 9.17) is 44.4 Å². The van der Waals surface area contributed by atoms with E-state index in [1.54, 1.807) is 36.5 Å². The van der Waals surface area contributed by atoms with Crippen LogP contribution in [0.5, 0.6) is 5.75 Å². The van der Waals surface area contributed by atoms with Crippen molar-refractivity contribution in [2.75, 3.05) is 13.2 Å². The molecule has 3 atom stereocenters. The van der Waals surface area contributed by atoms with E-state index < -0.39 is 5.97 Å². The number of rotatable bonds is 7. The van der Waals surface area contributed by atoms with Crippen LogP contribution >= 0.6 is 34.8 Å². The van der Waals surface area contributed by atoms with E-state index in [1.807, 2.05) is 12.1 Å². The van der Waals surface area contributed by atoms with Crippen molar-refractivity contribution in [3.8, 4) is 5.75 Å². The Kier molecular flexibility index (Phi) is 6.38. The lowest BCUT2D eigenvalue weighted by molar-refractivity contribution is 0.0696. The molecule has 9 heteroatoms. The molecule has 1 aromatic heterocycles. The largest absolute Gasteiger partial charge is 0.493 e. The van der Waals surface area contributed by atoms with Gasteiger partial charge in [0.05, 0.1) is 27.2 Å². The number of carboxylic acids is 1. The third kappa shape index (κ3) is 4.58. The Bertz CT molecular complexity index is 1280. The number of benzene rings is 2. The monoisotopic (exact) mass is 516 g/mol. The lowest BCUT2D eigenvalue weighted by atomic mass is 9.98. The minimum absolute atomic E-state index is 0.127. The number of aromatic nitrogens is 1. The normalized spacial score (nSPS) is 21.0. The van der Waals surface area contributed by atoms with Gasteiger partial charge in [-0.2, -0.15) is 0 Å². The van der Waals surface area contributed by atoms with Crippen LogP contribution in [0.4, 0.5) is 0 Å². The highest BCUT2D eigenvalue weighted by Gasteiger charge is 2.41. The highest BCUT2D eigenvalue weighted by Crippen LogP contribution is 2.56. The first-order chi connectivity index (χ1) is 16.4. The van der Waals surface area contributed by atoms with Gasteiger partial charge in [0.2, 0.25) is 0 Å². The van der Waals surface area contributed by atoms with Gasteiger partial charge in [0.25, 0.3) is 0 Å². The molecule has 0 amide bonds. The van der Waals surface area contributed by atoms with E-state index in [1.165, 1.54) is 6.20 Å². The smallest absolute Gasteiger partial charge is 0.337 e. The van der Waals surface area contributed by atoms with Crippen molar-refractivity contribution in [1.29, 1.82) is 0 Å². The topological polar surface area (TPSA) is 81.0 Å². The zero-order chi connectivity index (χ0) is 23.8. The van der Waals surface area contributed by atoms with Gasteiger partial charge in [-0.05, 0) is 59.7 Å². The van der Waals surface area contributed by atoms with E-state index >= 15 is 0 Å². The molecule has 6 nitrogen and oxygen atoms in total. The molecule has 2 heterocycles. The lowest BCUT2D eigenvalue weighted by Crippen LogP contribution is -2.22. The number of pyridine rings is 1. The summed E-state index contributed by atoms with van der Waals surface area (Å²) in [6.07, 6.45) is 3.96. The first-order valence-corrected chi connectivity index (χ1v) is 11.8. The third-order valence-electron chi connectivity index (χ3n) is 6.09. The second kappa shape index (κ2) is 9.45. The molecule has 1 N–H and O–H groups in total. The molecule has 5 rings (SSSR count). The molecule has 1 saturated carbocycles. The minimum atomic E-state index is -0.983. The number of halogens is 3. The average molecular weight is 518 g/mol. The molecule has 0 spiro atoms. The van der Waals surface area contributed by atoms with E-state index in [0.717, 1.165) is 17.5 Å². The Balaban J connectivity index is 1.25. The molecule has 1 aliphatic heterocycles. The second-order valence-corrected chi connectivity index (χ2v) is 9.54. The van der Waals surface area contributed by atoms with E-state index in [0.29, 0.717) is 45.3 Å². The van der Waals surface area contributed by atoms with Crippen LogP contribution in [0, 0.1) is 5.92 Å². The van der Waals surface area contributed by atoms with Crippen LogP contribution in [0.1, 0.15) is 45.3 Å². The standard InChI is InChI=1S/C25H19Cl3N2O4/c26-20-2-1-3-21(27)23(20)24-15(12-34-30-24)11-33-16-4-5-17(22(28)7-16)19-8-18(19)13-6-14(25(31)32)10-29-9-13/h1-7,9-10,15,18-19H,8,11-12H2,(H,31,32). The second-order valence-electron chi connectivity index (χ2n) is 8.32. The van der Waals surface area contributed by atoms with Crippen molar-refractivity contribution in [3.63, 3.8) is 0 Å². The van der Waals surface area contributed by atoms with Crippen molar-refractivity contribution in [3.05, 3.63) is 92.2 Å². The quantitative estimate of drug-likeness (QED) is 0.390. The van der Waals surface area contributed by atoms with Gasteiger partial charge in [-0.1, -0.05) is 52.1 Å². The Morgan fingerprint density at radius 3 is 2.59 bits per heavy atom. The first-order valence-electron chi connectivity index (χ1n) is 10.7. The molecular formula is C25H19Cl3N2O4. The van der Waals surface area contributed by atoms with Crippen LogP contribution in [0.2, 0.25) is 15.1 Å². The van der Waals surface area contributed by atoms with Crippen LogP contribution < -0.4 is 4.74 Å². The van der Waals surface area contributed by atoms with E-state index in [9.17, 15) is 9.90 Å². The molecule has 3 unspecified atom stereocenters. The molecule has 3 aromatic rings. The van der Waals surface area contributed by atoms with Crippen molar-refractivity contribution >= 4 is 46.5 Å². The van der Waals surface area contributed by atoms with Gasteiger partial charge >= 0.3 is 5.97 Å². The molecular weight excluding hydrogens is 499 g/mol. The maximum atomic E-state index is 11.2. The molecule has 174 valence electrons. The summed E-state index contributed by atoms with van der Waals surface area (Å²) in [6.45, 7) is 0.700. The number of oxime groups is 1. The number of nitrogens with zero attached hydrogens (tertiary/aromatic N) is 2. The van der Waals surface area contributed by atoms with E-state index in [-0.39, 0.29) is 23.3 Å². The number of ether oxygens (including phenoxy) is 1. The van der Waals surface area contributed by atoms with Gasteiger partial charge in [-0.15, -0.1) is 0 Å². The van der Waals surface area contributed by atoms with Gasteiger partial charge < -0.3 is 14.7 Å². The first kappa shape index (κ1) is 23.0. The fourth-order valence-electron chi connectivity index (χ4n) is 4.25. The fraction of sp³-hybridized carbons (Fsp3) is 0.240. The van der Waals surface area contributed by atoms with Gasteiger partial charge in [0.1, 0.15) is 19.0 Å². The summed E-state index contributed by atoms with van der Waals surface area (Å²) in [7, 11) is 0. The Labute approximate surface area is 211 Å². The summed E-state index contributed by atoms with van der Waals surface area (Å²) >= 11 is 19.3. The van der Waals surface area contributed by atoms with Crippen LogP contribution in [0.25, 0.3) is 0 Å². The lowest BCUT2D eigenvalue weighted by Gasteiger charge is -2.15. The fourth-order valence-corrected chi connectivity index (χ4v) is 5.15. The molecule has 0 saturated heterocycles. The summed E-state index contributed by atoms with van der Waals surface area (Å²) in [6, 6.07) is 12.6. The summed E-state index contributed by atoms with van der Waals surface area (Å²) in [5, 5.41) is 15.0. The highest BCUT2D eigenvalue weighted by atomic mass is 35.5. The van der Waals surface area contributed by atoms with Gasteiger partial charge in [0.15, 0.2) is 0 Å². The Hall–Kier alpha value is -2.80. The SMILES string of the molecule is O=C(O)c1cncc(C2CC2c2ccc(OCC3CON=C3c3c(Cl)cccc3Cl)cc2Cl)c1. The summed E-state index contributed by atoms with van der Waals surface area (Å²) in [5.41, 5.74) is 3.43. The Morgan fingerprint density at radius 1 is 1.06 bits per heavy atom. The number of carbonyl (C=O) groups is 1.